The van der Waals surface area contributed by atoms with E-state index >= 15 is 0 Å². The zero-order chi connectivity index (χ0) is 16.7. The first-order valence-electron chi connectivity index (χ1n) is 7.89. The monoisotopic (exact) mass is 350 g/mol. The third-order valence-corrected chi connectivity index (χ3v) is 6.47. The first-order chi connectivity index (χ1) is 11.6. The first-order valence-corrected chi connectivity index (χ1v) is 9.33. The molecule has 2 aromatic heterocycles. The number of rotatable bonds is 3. The number of sulfonamides is 1. The number of fused-ring (bicyclic) bond motifs is 1. The lowest BCUT2D eigenvalue weighted by molar-refractivity contribution is 0.0418. The second kappa shape index (κ2) is 5.91. The predicted octanol–water partition coefficient (Wildman–Crippen LogP) is 1.11. The molecular weight excluding hydrogens is 332 g/mol. The normalized spacial score (nSPS) is 28.0. The summed E-state index contributed by atoms with van der Waals surface area (Å²) in [6.45, 7) is 2.61. The van der Waals surface area contributed by atoms with Crippen LogP contribution in [0.15, 0.2) is 33.9 Å². The van der Waals surface area contributed by atoms with Crippen LogP contribution in [0.25, 0.3) is 0 Å². The molecule has 0 radical (unpaired) electrons. The summed E-state index contributed by atoms with van der Waals surface area (Å²) >= 11 is 0. The molecule has 0 aromatic carbocycles. The topological polar surface area (TPSA) is 98.4 Å². The Morgan fingerprint density at radius 1 is 1.38 bits per heavy atom. The molecule has 2 saturated heterocycles. The van der Waals surface area contributed by atoms with Gasteiger partial charge in [-0.1, -0.05) is 5.16 Å². The minimum absolute atomic E-state index is 0.151. The van der Waals surface area contributed by atoms with Crippen molar-refractivity contribution in [3.8, 4) is 0 Å². The van der Waals surface area contributed by atoms with Gasteiger partial charge < -0.3 is 9.26 Å². The summed E-state index contributed by atoms with van der Waals surface area (Å²) in [5.74, 6) is 0.839. The van der Waals surface area contributed by atoms with Crippen LogP contribution in [-0.4, -0.2) is 53.1 Å². The van der Waals surface area contributed by atoms with Crippen LogP contribution in [0.2, 0.25) is 0 Å². The fourth-order valence-electron chi connectivity index (χ4n) is 3.47. The quantitative estimate of drug-likeness (QED) is 0.817. The Morgan fingerprint density at radius 3 is 2.96 bits per heavy atom. The van der Waals surface area contributed by atoms with Gasteiger partial charge in [-0.05, 0) is 31.9 Å². The number of aromatic nitrogens is 3. The highest BCUT2D eigenvalue weighted by molar-refractivity contribution is 7.89. The van der Waals surface area contributed by atoms with Crippen molar-refractivity contribution in [2.75, 3.05) is 13.2 Å². The van der Waals surface area contributed by atoms with E-state index in [0.717, 1.165) is 0 Å². The number of aryl methyl sites for hydroxylation is 1. The first kappa shape index (κ1) is 15.7. The summed E-state index contributed by atoms with van der Waals surface area (Å²) in [6.07, 6.45) is 4.16. The van der Waals surface area contributed by atoms with Crippen molar-refractivity contribution in [2.24, 2.45) is 0 Å². The van der Waals surface area contributed by atoms with Gasteiger partial charge in [-0.15, -0.1) is 0 Å². The molecule has 0 saturated carbocycles. The second-order valence-electron chi connectivity index (χ2n) is 6.14. The highest BCUT2D eigenvalue weighted by Crippen LogP contribution is 2.38. The number of piperidine rings is 1. The maximum Gasteiger partial charge on any atom is 0.244 e. The molecule has 2 aliphatic heterocycles. The van der Waals surface area contributed by atoms with Gasteiger partial charge in [-0.2, -0.15) is 9.29 Å². The van der Waals surface area contributed by atoms with Gasteiger partial charge >= 0.3 is 0 Å². The molecule has 128 valence electrons. The molecular formula is C15H18N4O4S. The van der Waals surface area contributed by atoms with Crippen molar-refractivity contribution in [2.45, 2.75) is 42.7 Å². The van der Waals surface area contributed by atoms with E-state index in [1.165, 1.54) is 10.5 Å². The Hall–Kier alpha value is -1.84. The van der Waals surface area contributed by atoms with Gasteiger partial charge in [0.15, 0.2) is 5.82 Å². The Balaban J connectivity index is 1.70. The molecule has 0 aliphatic carbocycles. The molecule has 0 unspecified atom stereocenters. The van der Waals surface area contributed by atoms with Gasteiger partial charge in [0, 0.05) is 25.5 Å². The summed E-state index contributed by atoms with van der Waals surface area (Å²) in [5.41, 5.74) is 0. The fraction of sp³-hybridized carbons (Fsp3) is 0.533. The van der Waals surface area contributed by atoms with E-state index in [4.69, 9.17) is 9.26 Å². The summed E-state index contributed by atoms with van der Waals surface area (Å²) in [4.78, 5) is 8.40. The molecule has 2 aliphatic rings. The number of pyridine rings is 1. The molecule has 0 amide bonds. The molecule has 0 N–H and O–H groups in total. The Kier molecular flexibility index (Phi) is 3.86. The van der Waals surface area contributed by atoms with Crippen LogP contribution in [0, 0.1) is 6.92 Å². The fourth-order valence-corrected chi connectivity index (χ4v) is 5.16. The molecule has 3 atom stereocenters. The highest BCUT2D eigenvalue weighted by Gasteiger charge is 2.47. The van der Waals surface area contributed by atoms with E-state index in [1.54, 1.807) is 25.3 Å². The van der Waals surface area contributed by atoms with Crippen molar-refractivity contribution < 1.29 is 17.7 Å². The average Bonchev–Trinajstić information content (AvgIpc) is 3.23. The Morgan fingerprint density at radius 2 is 2.25 bits per heavy atom. The second-order valence-corrected chi connectivity index (χ2v) is 8.03. The van der Waals surface area contributed by atoms with Crippen LogP contribution >= 0.6 is 0 Å². The third-order valence-electron chi connectivity index (χ3n) is 4.60. The minimum Gasteiger partial charge on any atom is -0.376 e. The van der Waals surface area contributed by atoms with Gasteiger partial charge in [-0.25, -0.2) is 8.42 Å². The van der Waals surface area contributed by atoms with Gasteiger partial charge in [-0.3, -0.25) is 4.98 Å². The molecule has 24 heavy (non-hydrogen) atoms. The van der Waals surface area contributed by atoms with Crippen LogP contribution in [0.5, 0.6) is 0 Å². The number of nitrogens with zero attached hydrogens (tertiary/aromatic N) is 4. The smallest absolute Gasteiger partial charge is 0.244 e. The number of hydrogen-bond acceptors (Lipinski definition) is 7. The molecule has 4 rings (SSSR count). The minimum atomic E-state index is -3.65. The van der Waals surface area contributed by atoms with Gasteiger partial charge in [0.1, 0.15) is 4.90 Å². The van der Waals surface area contributed by atoms with Crippen LogP contribution < -0.4 is 0 Å². The van der Waals surface area contributed by atoms with Gasteiger partial charge in [0.25, 0.3) is 0 Å². The summed E-state index contributed by atoms with van der Waals surface area (Å²) in [6, 6.07) is 3.03. The van der Waals surface area contributed by atoms with Crippen LogP contribution in [0.3, 0.4) is 0 Å². The molecule has 2 aromatic rings. The molecule has 9 heteroatoms. The third kappa shape index (κ3) is 2.62. The van der Waals surface area contributed by atoms with Crippen LogP contribution in [0.1, 0.15) is 30.5 Å². The van der Waals surface area contributed by atoms with Crippen molar-refractivity contribution in [1.29, 1.82) is 0 Å². The summed E-state index contributed by atoms with van der Waals surface area (Å²) < 4.78 is 38.7. The Labute approximate surface area is 139 Å². The summed E-state index contributed by atoms with van der Waals surface area (Å²) in [5, 5.41) is 3.82. The van der Waals surface area contributed by atoms with E-state index < -0.39 is 10.0 Å². The van der Waals surface area contributed by atoms with Crippen molar-refractivity contribution >= 4 is 10.0 Å². The van der Waals surface area contributed by atoms with Gasteiger partial charge in [0.2, 0.25) is 15.9 Å². The lowest BCUT2D eigenvalue weighted by Gasteiger charge is -2.38. The average molecular weight is 350 g/mol. The van der Waals surface area contributed by atoms with Crippen molar-refractivity contribution in [3.63, 3.8) is 0 Å². The van der Waals surface area contributed by atoms with Crippen LogP contribution in [-0.2, 0) is 14.8 Å². The summed E-state index contributed by atoms with van der Waals surface area (Å²) in [7, 11) is -3.65. The number of ether oxygens (including phenoxy) is 1. The van der Waals surface area contributed by atoms with Gasteiger partial charge in [0.05, 0.1) is 18.1 Å². The lowest BCUT2D eigenvalue weighted by atomic mass is 9.92. The lowest BCUT2D eigenvalue weighted by Crippen LogP contribution is -2.51. The van der Waals surface area contributed by atoms with Crippen LogP contribution in [0.4, 0.5) is 0 Å². The highest BCUT2D eigenvalue weighted by atomic mass is 32.2. The maximum atomic E-state index is 13.1. The standard InChI is InChI=1S/C15H18N4O4S/c1-10-17-15(23-18-10)11-7-14-13(4-6-22-14)19(9-11)24(20,21)12-3-2-5-16-8-12/h2-3,5,8,11,13-14H,4,6-7,9H2,1H3/t11-,13-,14-/m0/s1. The molecule has 0 spiro atoms. The van der Waals surface area contributed by atoms with Crippen molar-refractivity contribution in [1.82, 2.24) is 19.4 Å². The SMILES string of the molecule is Cc1noc([C@H]2C[C@@H]3OCC[C@@H]3N(S(=O)(=O)c3cccnc3)C2)n1. The molecule has 4 heterocycles. The Bertz CT molecular complexity index is 823. The van der Waals surface area contributed by atoms with E-state index in [-0.39, 0.29) is 23.0 Å². The van der Waals surface area contributed by atoms with E-state index in [1.807, 2.05) is 0 Å². The maximum absolute atomic E-state index is 13.1. The number of hydrogen-bond donors (Lipinski definition) is 0. The molecule has 8 nitrogen and oxygen atoms in total. The predicted molar refractivity (Wildman–Crippen MR) is 82.7 cm³/mol. The molecule has 0 bridgehead atoms. The molecule has 2 fully saturated rings. The zero-order valence-corrected chi connectivity index (χ0v) is 14.0. The van der Waals surface area contributed by atoms with E-state index in [9.17, 15) is 8.42 Å². The zero-order valence-electron chi connectivity index (χ0n) is 13.2. The van der Waals surface area contributed by atoms with E-state index in [0.29, 0.717) is 37.7 Å². The van der Waals surface area contributed by atoms with E-state index in [2.05, 4.69) is 15.1 Å². The largest absolute Gasteiger partial charge is 0.376 e. The van der Waals surface area contributed by atoms with Crippen molar-refractivity contribution in [3.05, 3.63) is 36.2 Å².